The summed E-state index contributed by atoms with van der Waals surface area (Å²) >= 11 is 1.45. The van der Waals surface area contributed by atoms with Crippen LogP contribution in [-0.2, 0) is 16.1 Å². The first-order valence-corrected chi connectivity index (χ1v) is 9.82. The van der Waals surface area contributed by atoms with Gasteiger partial charge in [0.2, 0.25) is 11.8 Å². The number of hydrogen-bond donors (Lipinski definition) is 2. The molecule has 138 valence electrons. The first kappa shape index (κ1) is 17.6. The lowest BCUT2D eigenvalue weighted by molar-refractivity contribution is -0.124. The maximum atomic E-state index is 12.2. The van der Waals surface area contributed by atoms with E-state index >= 15 is 0 Å². The molecule has 2 N–H and O–H groups in total. The fourth-order valence-corrected chi connectivity index (χ4v) is 4.24. The smallest absolute Gasteiger partial charge is 0.238 e. The van der Waals surface area contributed by atoms with Crippen molar-refractivity contribution in [2.75, 3.05) is 11.9 Å². The molecule has 0 saturated heterocycles. The molecule has 1 atom stereocenters. The van der Waals surface area contributed by atoms with Gasteiger partial charge in [0.25, 0.3) is 0 Å². The lowest BCUT2D eigenvalue weighted by atomic mass is 10.2. The van der Waals surface area contributed by atoms with Crippen LogP contribution in [-0.4, -0.2) is 33.2 Å². The van der Waals surface area contributed by atoms with Crippen molar-refractivity contribution in [1.82, 2.24) is 14.9 Å². The Hall–Kier alpha value is -2.80. The van der Waals surface area contributed by atoms with E-state index in [1.165, 1.54) is 11.8 Å². The van der Waals surface area contributed by atoms with Crippen LogP contribution in [0.25, 0.3) is 11.0 Å². The molecule has 2 amide bonds. The molecule has 1 aromatic heterocycles. The number of benzene rings is 2. The molecule has 0 aliphatic carbocycles. The Morgan fingerprint density at radius 3 is 2.93 bits per heavy atom. The zero-order valence-electron chi connectivity index (χ0n) is 14.7. The molecule has 2 aromatic carbocycles. The predicted octanol–water partition coefficient (Wildman–Crippen LogP) is 3.05. The van der Waals surface area contributed by atoms with Crippen LogP contribution in [0.5, 0.6) is 0 Å². The number of nitrogens with one attached hydrogen (secondary N) is 2. The Bertz CT molecular complexity index is 985. The van der Waals surface area contributed by atoms with Crippen molar-refractivity contribution >= 4 is 40.3 Å². The number of aryl methyl sites for hydroxylation is 1. The number of anilines is 1. The van der Waals surface area contributed by atoms with Gasteiger partial charge in [-0.15, -0.1) is 11.8 Å². The Kier molecular flexibility index (Phi) is 5.11. The first-order valence-electron chi connectivity index (χ1n) is 8.94. The molecule has 27 heavy (non-hydrogen) atoms. The van der Waals surface area contributed by atoms with Crippen LogP contribution in [0.1, 0.15) is 12.8 Å². The van der Waals surface area contributed by atoms with Crippen LogP contribution >= 0.6 is 11.8 Å². The summed E-state index contributed by atoms with van der Waals surface area (Å²) in [5.74, 6) is -0.212. The summed E-state index contributed by atoms with van der Waals surface area (Å²) in [7, 11) is 0. The molecule has 1 aliphatic heterocycles. The maximum Gasteiger partial charge on any atom is 0.238 e. The molecule has 0 saturated carbocycles. The molecule has 3 aromatic rings. The number of fused-ring (bicyclic) bond motifs is 2. The summed E-state index contributed by atoms with van der Waals surface area (Å²) in [5.41, 5.74) is 2.89. The molecule has 0 radical (unpaired) electrons. The number of amides is 2. The second-order valence-electron chi connectivity index (χ2n) is 6.43. The summed E-state index contributed by atoms with van der Waals surface area (Å²) in [6.07, 6.45) is 2.81. The van der Waals surface area contributed by atoms with Crippen molar-refractivity contribution in [3.8, 4) is 0 Å². The maximum absolute atomic E-state index is 12.2. The summed E-state index contributed by atoms with van der Waals surface area (Å²) in [5, 5.41) is 5.40. The molecule has 1 aliphatic rings. The second kappa shape index (κ2) is 7.84. The van der Waals surface area contributed by atoms with Crippen molar-refractivity contribution in [3.63, 3.8) is 0 Å². The minimum absolute atomic E-state index is 0.0995. The monoisotopic (exact) mass is 380 g/mol. The topological polar surface area (TPSA) is 76.0 Å². The Balaban J connectivity index is 1.25. The van der Waals surface area contributed by atoms with Crippen molar-refractivity contribution in [2.45, 2.75) is 29.5 Å². The van der Waals surface area contributed by atoms with Gasteiger partial charge in [0.15, 0.2) is 0 Å². The van der Waals surface area contributed by atoms with E-state index in [1.807, 2.05) is 54.9 Å². The highest BCUT2D eigenvalue weighted by Crippen LogP contribution is 2.36. The Morgan fingerprint density at radius 1 is 1.19 bits per heavy atom. The van der Waals surface area contributed by atoms with Crippen LogP contribution in [0, 0.1) is 0 Å². The van der Waals surface area contributed by atoms with E-state index in [4.69, 9.17) is 0 Å². The lowest BCUT2D eigenvalue weighted by Crippen LogP contribution is -2.35. The van der Waals surface area contributed by atoms with Gasteiger partial charge in [-0.25, -0.2) is 4.98 Å². The molecule has 0 fully saturated rings. The fraction of sp³-hybridized carbons (Fsp3) is 0.250. The third kappa shape index (κ3) is 3.98. The molecular formula is C20H20N4O2S. The second-order valence-corrected chi connectivity index (χ2v) is 7.67. The van der Waals surface area contributed by atoms with Crippen LogP contribution in [0.4, 0.5) is 5.69 Å². The quantitative estimate of drug-likeness (QED) is 0.645. The number of nitrogens with zero attached hydrogens (tertiary/aromatic N) is 2. The molecule has 6 nitrogen and oxygen atoms in total. The van der Waals surface area contributed by atoms with Gasteiger partial charge in [0.05, 0.1) is 28.3 Å². The summed E-state index contributed by atoms with van der Waals surface area (Å²) < 4.78 is 2.09. The molecule has 0 spiro atoms. The van der Waals surface area contributed by atoms with Gasteiger partial charge in [0, 0.05) is 24.4 Å². The van der Waals surface area contributed by atoms with Crippen LogP contribution in [0.15, 0.2) is 59.8 Å². The minimum Gasteiger partial charge on any atom is -0.356 e. The largest absolute Gasteiger partial charge is 0.356 e. The van der Waals surface area contributed by atoms with E-state index in [1.54, 1.807) is 0 Å². The molecule has 7 heteroatoms. The standard InChI is InChI=1S/C20H20N4O2S/c25-19(12-18-20(26)23-15-7-2-4-9-17(15)27-18)21-10-5-11-24-13-22-14-6-1-3-8-16(14)24/h1-4,6-9,13,18H,5,10-12H2,(H,21,25)(H,23,26). The summed E-state index contributed by atoms with van der Waals surface area (Å²) in [4.78, 5) is 29.8. The molecule has 1 unspecified atom stereocenters. The molecular weight excluding hydrogens is 360 g/mol. The van der Waals surface area contributed by atoms with Gasteiger partial charge in [0.1, 0.15) is 0 Å². The number of hydrogen-bond acceptors (Lipinski definition) is 4. The van der Waals surface area contributed by atoms with Crippen molar-refractivity contribution in [2.24, 2.45) is 0 Å². The Morgan fingerprint density at radius 2 is 2.00 bits per heavy atom. The Labute approximate surface area is 161 Å². The van der Waals surface area contributed by atoms with Gasteiger partial charge >= 0.3 is 0 Å². The van der Waals surface area contributed by atoms with E-state index in [2.05, 4.69) is 20.2 Å². The van der Waals surface area contributed by atoms with Crippen molar-refractivity contribution in [3.05, 3.63) is 54.9 Å². The molecule has 4 rings (SSSR count). The van der Waals surface area contributed by atoms with Gasteiger partial charge in [-0.1, -0.05) is 24.3 Å². The summed E-state index contributed by atoms with van der Waals surface area (Å²) in [6.45, 7) is 1.35. The van der Waals surface area contributed by atoms with Crippen LogP contribution < -0.4 is 10.6 Å². The number of para-hydroxylation sites is 3. The average Bonchev–Trinajstić information content (AvgIpc) is 3.09. The number of imidazole rings is 1. The van der Waals surface area contributed by atoms with E-state index in [0.29, 0.717) is 6.54 Å². The zero-order valence-corrected chi connectivity index (χ0v) is 15.5. The number of aromatic nitrogens is 2. The third-order valence-corrected chi connectivity index (χ3v) is 5.78. The van der Waals surface area contributed by atoms with E-state index < -0.39 is 5.25 Å². The zero-order chi connectivity index (χ0) is 18.6. The predicted molar refractivity (Wildman–Crippen MR) is 107 cm³/mol. The highest BCUT2D eigenvalue weighted by atomic mass is 32.2. The van der Waals surface area contributed by atoms with E-state index in [0.717, 1.165) is 34.6 Å². The van der Waals surface area contributed by atoms with Crippen LogP contribution in [0.3, 0.4) is 0 Å². The van der Waals surface area contributed by atoms with Gasteiger partial charge < -0.3 is 15.2 Å². The SMILES string of the molecule is O=C(CC1Sc2ccccc2NC1=O)NCCCn1cnc2ccccc21. The normalized spacial score (nSPS) is 16.0. The van der Waals surface area contributed by atoms with Gasteiger partial charge in [-0.05, 0) is 30.7 Å². The van der Waals surface area contributed by atoms with E-state index in [9.17, 15) is 9.59 Å². The molecule has 0 bridgehead atoms. The first-order chi connectivity index (χ1) is 13.2. The fourth-order valence-electron chi connectivity index (χ4n) is 3.13. The number of carbonyl (C=O) groups is 2. The highest BCUT2D eigenvalue weighted by Gasteiger charge is 2.28. The van der Waals surface area contributed by atoms with Crippen molar-refractivity contribution in [1.29, 1.82) is 0 Å². The number of rotatable bonds is 6. The minimum atomic E-state index is -0.391. The average molecular weight is 380 g/mol. The summed E-state index contributed by atoms with van der Waals surface area (Å²) in [6, 6.07) is 15.6. The van der Waals surface area contributed by atoms with Gasteiger partial charge in [-0.2, -0.15) is 0 Å². The molecule has 2 heterocycles. The lowest BCUT2D eigenvalue weighted by Gasteiger charge is -2.23. The van der Waals surface area contributed by atoms with Crippen LogP contribution in [0.2, 0.25) is 0 Å². The highest BCUT2D eigenvalue weighted by molar-refractivity contribution is 8.01. The van der Waals surface area contributed by atoms with E-state index in [-0.39, 0.29) is 18.2 Å². The third-order valence-electron chi connectivity index (χ3n) is 4.50. The van der Waals surface area contributed by atoms with Crippen molar-refractivity contribution < 1.29 is 9.59 Å². The van der Waals surface area contributed by atoms with Gasteiger partial charge in [-0.3, -0.25) is 9.59 Å². The number of carbonyl (C=O) groups excluding carboxylic acids is 2. The number of thioether (sulfide) groups is 1.